The first-order valence-electron chi connectivity index (χ1n) is 6.92. The largest absolute Gasteiger partial charge is 0.377 e. The van der Waals surface area contributed by atoms with Crippen molar-refractivity contribution in [3.05, 3.63) is 35.1 Å². The summed E-state index contributed by atoms with van der Waals surface area (Å²) in [7, 11) is -3.32. The molecule has 1 fully saturated rings. The Labute approximate surface area is 133 Å². The van der Waals surface area contributed by atoms with Gasteiger partial charge in [0, 0.05) is 17.2 Å². The van der Waals surface area contributed by atoms with Gasteiger partial charge >= 0.3 is 0 Å². The van der Waals surface area contributed by atoms with E-state index in [9.17, 15) is 8.42 Å². The molecule has 0 unspecified atom stereocenters. The molecule has 0 saturated carbocycles. The van der Waals surface area contributed by atoms with Crippen LogP contribution in [-0.4, -0.2) is 37.0 Å². The van der Waals surface area contributed by atoms with Crippen molar-refractivity contribution < 1.29 is 17.7 Å². The quantitative estimate of drug-likeness (QED) is 0.830. The van der Waals surface area contributed by atoms with Crippen molar-refractivity contribution in [2.24, 2.45) is 0 Å². The van der Waals surface area contributed by atoms with Crippen LogP contribution in [0.25, 0.3) is 11.5 Å². The minimum Gasteiger partial charge on any atom is -0.377 e. The fraction of sp³-hybridized carbons (Fsp3) is 0.429. The highest BCUT2D eigenvalue weighted by Gasteiger charge is 2.25. The maximum absolute atomic E-state index is 12.1. The molecule has 0 amide bonds. The molecule has 1 aliphatic heterocycles. The lowest BCUT2D eigenvalue weighted by Crippen LogP contribution is -2.21. The van der Waals surface area contributed by atoms with Gasteiger partial charge in [0.05, 0.1) is 11.9 Å². The van der Waals surface area contributed by atoms with Crippen LogP contribution in [0, 0.1) is 0 Å². The number of hydrogen-bond donors (Lipinski definition) is 0. The van der Waals surface area contributed by atoms with Crippen LogP contribution in [0.15, 0.2) is 28.8 Å². The van der Waals surface area contributed by atoms with E-state index in [0.29, 0.717) is 17.2 Å². The van der Waals surface area contributed by atoms with Gasteiger partial charge in [0.15, 0.2) is 15.7 Å². The third-order valence-corrected chi connectivity index (χ3v) is 5.20. The van der Waals surface area contributed by atoms with Crippen LogP contribution >= 0.6 is 11.6 Å². The van der Waals surface area contributed by atoms with Gasteiger partial charge in [-0.05, 0) is 37.1 Å². The molecule has 118 valence electrons. The standard InChI is InChI=1S/C14H15ClN2O4S/c15-11-5-3-10(4-6-11)14-16-13(17-21-14)9-22(18,19)8-12-2-1-7-20-12/h3-6,12H,1-2,7-9H2/t12-/m1/s1. The summed E-state index contributed by atoms with van der Waals surface area (Å²) in [5, 5.41) is 4.34. The predicted molar refractivity (Wildman–Crippen MR) is 81.2 cm³/mol. The molecular formula is C14H15ClN2O4S. The lowest BCUT2D eigenvalue weighted by atomic mass is 10.2. The number of rotatable bonds is 5. The van der Waals surface area contributed by atoms with E-state index in [-0.39, 0.29) is 29.3 Å². The van der Waals surface area contributed by atoms with Gasteiger partial charge in [-0.3, -0.25) is 0 Å². The van der Waals surface area contributed by atoms with Crippen LogP contribution in [0.4, 0.5) is 0 Å². The van der Waals surface area contributed by atoms with E-state index in [4.69, 9.17) is 20.9 Å². The third-order valence-electron chi connectivity index (χ3n) is 3.37. The number of aromatic nitrogens is 2. The van der Waals surface area contributed by atoms with Gasteiger partial charge in [-0.1, -0.05) is 16.8 Å². The monoisotopic (exact) mass is 342 g/mol. The van der Waals surface area contributed by atoms with Crippen LogP contribution in [0.3, 0.4) is 0 Å². The van der Waals surface area contributed by atoms with E-state index in [0.717, 1.165) is 12.8 Å². The molecule has 1 atom stereocenters. The first-order chi connectivity index (χ1) is 10.5. The van der Waals surface area contributed by atoms with Crippen molar-refractivity contribution in [3.63, 3.8) is 0 Å². The second-order valence-electron chi connectivity index (χ2n) is 5.21. The fourth-order valence-corrected chi connectivity index (χ4v) is 3.92. The average Bonchev–Trinajstić information content (AvgIpc) is 3.10. The Morgan fingerprint density at radius 2 is 2.05 bits per heavy atom. The maximum atomic E-state index is 12.1. The van der Waals surface area contributed by atoms with Crippen molar-refractivity contribution in [2.75, 3.05) is 12.4 Å². The summed E-state index contributed by atoms with van der Waals surface area (Å²) in [4.78, 5) is 4.13. The van der Waals surface area contributed by atoms with Crippen LogP contribution in [0.5, 0.6) is 0 Å². The molecule has 22 heavy (non-hydrogen) atoms. The molecule has 6 nitrogen and oxygen atoms in total. The number of benzene rings is 1. The molecule has 3 rings (SSSR count). The van der Waals surface area contributed by atoms with Gasteiger partial charge < -0.3 is 9.26 Å². The highest BCUT2D eigenvalue weighted by molar-refractivity contribution is 7.90. The maximum Gasteiger partial charge on any atom is 0.257 e. The van der Waals surface area contributed by atoms with Crippen LogP contribution < -0.4 is 0 Å². The van der Waals surface area contributed by atoms with Gasteiger partial charge in [0.2, 0.25) is 0 Å². The number of ether oxygens (including phenoxy) is 1. The third kappa shape index (κ3) is 3.85. The Hall–Kier alpha value is -1.44. The Bertz CT molecular complexity index is 736. The molecule has 2 aromatic rings. The van der Waals surface area contributed by atoms with E-state index in [2.05, 4.69) is 10.1 Å². The number of halogens is 1. The van der Waals surface area contributed by atoms with Crippen LogP contribution in [-0.2, 0) is 20.3 Å². The zero-order chi connectivity index (χ0) is 15.6. The van der Waals surface area contributed by atoms with Crippen molar-refractivity contribution in [1.82, 2.24) is 10.1 Å². The molecule has 1 saturated heterocycles. The first kappa shape index (κ1) is 15.5. The molecule has 0 spiro atoms. The average molecular weight is 343 g/mol. The molecule has 1 aliphatic rings. The Balaban J connectivity index is 1.69. The number of nitrogens with zero attached hydrogens (tertiary/aromatic N) is 2. The summed E-state index contributed by atoms with van der Waals surface area (Å²) < 4.78 is 34.7. The Morgan fingerprint density at radius 3 is 2.73 bits per heavy atom. The molecule has 0 radical (unpaired) electrons. The number of sulfone groups is 1. The van der Waals surface area contributed by atoms with Gasteiger partial charge in [0.25, 0.3) is 5.89 Å². The van der Waals surface area contributed by atoms with Crippen molar-refractivity contribution >= 4 is 21.4 Å². The Kier molecular flexibility index (Phi) is 4.46. The summed E-state index contributed by atoms with van der Waals surface area (Å²) in [6.45, 7) is 0.628. The SMILES string of the molecule is O=S(=O)(Cc1noc(-c2ccc(Cl)cc2)n1)C[C@H]1CCCO1. The molecule has 0 N–H and O–H groups in total. The second-order valence-corrected chi connectivity index (χ2v) is 7.76. The van der Waals surface area contributed by atoms with Crippen molar-refractivity contribution in [1.29, 1.82) is 0 Å². The second kappa shape index (κ2) is 6.36. The summed E-state index contributed by atoms with van der Waals surface area (Å²) in [5.74, 6) is 0.184. The summed E-state index contributed by atoms with van der Waals surface area (Å²) in [5.41, 5.74) is 0.694. The molecule has 8 heteroatoms. The van der Waals surface area contributed by atoms with Gasteiger partial charge in [-0.2, -0.15) is 4.98 Å². The fourth-order valence-electron chi connectivity index (χ4n) is 2.34. The minimum atomic E-state index is -3.32. The topological polar surface area (TPSA) is 82.3 Å². The molecule has 0 bridgehead atoms. The van der Waals surface area contributed by atoms with Crippen molar-refractivity contribution in [3.8, 4) is 11.5 Å². The zero-order valence-electron chi connectivity index (χ0n) is 11.7. The number of hydrogen-bond acceptors (Lipinski definition) is 6. The van der Waals surface area contributed by atoms with Crippen LogP contribution in [0.1, 0.15) is 18.7 Å². The van der Waals surface area contributed by atoms with E-state index in [1.165, 1.54) is 0 Å². The molecule has 2 heterocycles. The van der Waals surface area contributed by atoms with Gasteiger partial charge in [-0.15, -0.1) is 0 Å². The van der Waals surface area contributed by atoms with E-state index < -0.39 is 9.84 Å². The molecule has 1 aromatic heterocycles. The van der Waals surface area contributed by atoms with Gasteiger partial charge in [-0.25, -0.2) is 8.42 Å². The molecular weight excluding hydrogens is 328 g/mol. The first-order valence-corrected chi connectivity index (χ1v) is 9.12. The van der Waals surface area contributed by atoms with Crippen molar-refractivity contribution in [2.45, 2.75) is 24.7 Å². The summed E-state index contributed by atoms with van der Waals surface area (Å²) in [6, 6.07) is 6.88. The zero-order valence-corrected chi connectivity index (χ0v) is 13.3. The highest BCUT2D eigenvalue weighted by atomic mass is 35.5. The summed E-state index contributed by atoms with van der Waals surface area (Å²) in [6.07, 6.45) is 1.47. The predicted octanol–water partition coefficient (Wildman–Crippen LogP) is 2.48. The Morgan fingerprint density at radius 1 is 1.27 bits per heavy atom. The molecule has 1 aromatic carbocycles. The minimum absolute atomic E-state index is 0.00216. The van der Waals surface area contributed by atoms with E-state index >= 15 is 0 Å². The molecule has 0 aliphatic carbocycles. The lowest BCUT2D eigenvalue weighted by molar-refractivity contribution is 0.127. The normalized spacial score (nSPS) is 18.7. The highest BCUT2D eigenvalue weighted by Crippen LogP contribution is 2.21. The smallest absolute Gasteiger partial charge is 0.257 e. The van der Waals surface area contributed by atoms with E-state index in [1.54, 1.807) is 24.3 Å². The van der Waals surface area contributed by atoms with Crippen LogP contribution in [0.2, 0.25) is 5.02 Å². The van der Waals surface area contributed by atoms with E-state index in [1.807, 2.05) is 0 Å². The lowest BCUT2D eigenvalue weighted by Gasteiger charge is -2.08. The van der Waals surface area contributed by atoms with Gasteiger partial charge in [0.1, 0.15) is 5.75 Å². The summed E-state index contributed by atoms with van der Waals surface area (Å²) >= 11 is 5.81.